The molecule has 1 fully saturated rings. The molecule has 0 spiro atoms. The maximum atomic E-state index is 15.4. The summed E-state index contributed by atoms with van der Waals surface area (Å²) in [6, 6.07) is 8.36. The average Bonchev–Trinajstić information content (AvgIpc) is 3.69. The minimum atomic E-state index is -1.25. The Hall–Kier alpha value is -4.86. The van der Waals surface area contributed by atoms with Crippen LogP contribution in [0, 0.1) is 17.5 Å². The summed E-state index contributed by atoms with van der Waals surface area (Å²) in [4.78, 5) is 41.8. The van der Waals surface area contributed by atoms with Crippen LogP contribution in [0.5, 0.6) is 0 Å². The molecule has 0 radical (unpaired) electrons. The van der Waals surface area contributed by atoms with E-state index in [-0.39, 0.29) is 11.1 Å². The number of benzene rings is 2. The number of aromatic amines is 1. The third-order valence-corrected chi connectivity index (χ3v) is 6.38. The normalized spacial score (nSPS) is 13.0. The number of hydrogen-bond acceptors (Lipinski definition) is 5. The van der Waals surface area contributed by atoms with Gasteiger partial charge in [0.25, 0.3) is 5.91 Å². The molecule has 1 aliphatic rings. The lowest BCUT2D eigenvalue weighted by molar-refractivity contribution is 0.101. The lowest BCUT2D eigenvalue weighted by atomic mass is 10.00. The number of halogens is 3. The first kappa shape index (κ1) is 23.5. The first-order valence-corrected chi connectivity index (χ1v) is 11.8. The second-order valence-electron chi connectivity index (χ2n) is 9.00. The summed E-state index contributed by atoms with van der Waals surface area (Å²) in [5.41, 5.74) is 0.334. The van der Waals surface area contributed by atoms with Gasteiger partial charge in [-0.3, -0.25) is 9.59 Å². The monoisotopic (exact) mass is 513 g/mol. The quantitative estimate of drug-likeness (QED) is 0.280. The number of carbonyl (C=O) groups excluding carboxylic acids is 2. The van der Waals surface area contributed by atoms with Gasteiger partial charge in [0.15, 0.2) is 5.82 Å². The third-order valence-electron chi connectivity index (χ3n) is 6.38. The van der Waals surface area contributed by atoms with Crippen LogP contribution in [0.15, 0.2) is 67.3 Å². The highest BCUT2D eigenvalue weighted by Gasteiger charge is 2.27. The molecular formula is C28H18F3N5O2. The molecule has 1 aliphatic carbocycles. The number of nitrogens with one attached hydrogen (secondary N) is 2. The second kappa shape index (κ2) is 9.22. The van der Waals surface area contributed by atoms with Crippen LogP contribution in [-0.2, 0) is 0 Å². The lowest BCUT2D eigenvalue weighted by Gasteiger charge is -2.11. The van der Waals surface area contributed by atoms with Crippen LogP contribution in [0.2, 0.25) is 0 Å². The van der Waals surface area contributed by atoms with Gasteiger partial charge in [-0.2, -0.15) is 0 Å². The predicted octanol–water partition coefficient (Wildman–Crippen LogP) is 5.80. The first-order valence-electron chi connectivity index (χ1n) is 11.8. The molecule has 10 heteroatoms. The van der Waals surface area contributed by atoms with Gasteiger partial charge in [0.05, 0.1) is 11.3 Å². The Morgan fingerprint density at radius 1 is 0.921 bits per heavy atom. The van der Waals surface area contributed by atoms with E-state index in [0.29, 0.717) is 28.1 Å². The highest BCUT2D eigenvalue weighted by atomic mass is 19.1. The zero-order valence-electron chi connectivity index (χ0n) is 19.6. The molecule has 0 unspecified atom stereocenters. The Bertz CT molecular complexity index is 1730. The van der Waals surface area contributed by atoms with Crippen molar-refractivity contribution >= 4 is 28.4 Å². The van der Waals surface area contributed by atoms with Crippen molar-refractivity contribution in [1.29, 1.82) is 0 Å². The van der Waals surface area contributed by atoms with E-state index in [1.165, 1.54) is 18.3 Å². The molecule has 0 aliphatic heterocycles. The minimum Gasteiger partial charge on any atom is -0.345 e. The van der Waals surface area contributed by atoms with Gasteiger partial charge in [0.2, 0.25) is 5.78 Å². The number of nitrogens with zero attached hydrogens (tertiary/aromatic N) is 3. The summed E-state index contributed by atoms with van der Waals surface area (Å²) in [6.45, 7) is 0. The van der Waals surface area contributed by atoms with Gasteiger partial charge in [0, 0.05) is 58.3 Å². The average molecular weight is 513 g/mol. The van der Waals surface area contributed by atoms with E-state index in [2.05, 4.69) is 25.3 Å². The molecule has 7 nitrogen and oxygen atoms in total. The molecule has 38 heavy (non-hydrogen) atoms. The highest BCUT2D eigenvalue weighted by molar-refractivity contribution is 6.17. The summed E-state index contributed by atoms with van der Waals surface area (Å²) in [5, 5.41) is 2.63. The van der Waals surface area contributed by atoms with Crippen LogP contribution in [0.1, 0.15) is 50.9 Å². The Kier molecular flexibility index (Phi) is 5.71. The van der Waals surface area contributed by atoms with Gasteiger partial charge < -0.3 is 10.3 Å². The highest BCUT2D eigenvalue weighted by Crippen LogP contribution is 2.38. The van der Waals surface area contributed by atoms with E-state index in [1.54, 1.807) is 24.7 Å². The zero-order valence-corrected chi connectivity index (χ0v) is 19.6. The van der Waals surface area contributed by atoms with Gasteiger partial charge >= 0.3 is 0 Å². The number of ketones is 1. The number of rotatable bonds is 6. The standard InChI is InChI=1S/C28H18F3N5O2/c29-18-3-1-2-15(8-18)28(38)36-22-7-6-21(30)23(24(22)31)25(37)20-13-35-27-19(20)9-16(10-34-27)17-11-32-26(33-12-17)14-4-5-14/h1-3,6-14H,4-5H2,(H,34,35)(H,36,38). The fourth-order valence-electron chi connectivity index (χ4n) is 4.20. The van der Waals surface area contributed by atoms with E-state index < -0.39 is 40.4 Å². The maximum Gasteiger partial charge on any atom is 0.255 e. The maximum absolute atomic E-state index is 15.4. The minimum absolute atomic E-state index is 0.00345. The summed E-state index contributed by atoms with van der Waals surface area (Å²) < 4.78 is 43.6. The van der Waals surface area contributed by atoms with Crippen molar-refractivity contribution in [2.45, 2.75) is 18.8 Å². The summed E-state index contributed by atoms with van der Waals surface area (Å²) in [7, 11) is 0. The molecule has 3 aromatic heterocycles. The fourth-order valence-corrected chi connectivity index (χ4v) is 4.20. The number of amides is 1. The number of fused-ring (bicyclic) bond motifs is 1. The predicted molar refractivity (Wildman–Crippen MR) is 133 cm³/mol. The van der Waals surface area contributed by atoms with Crippen molar-refractivity contribution in [2.75, 3.05) is 5.32 Å². The molecule has 1 saturated carbocycles. The summed E-state index contributed by atoms with van der Waals surface area (Å²) >= 11 is 0. The Labute approximate surface area is 213 Å². The van der Waals surface area contributed by atoms with E-state index in [0.717, 1.165) is 42.9 Å². The number of H-pyrrole nitrogens is 1. The Morgan fingerprint density at radius 3 is 2.42 bits per heavy atom. The Balaban J connectivity index is 1.34. The molecule has 2 N–H and O–H groups in total. The van der Waals surface area contributed by atoms with Crippen LogP contribution in [0.3, 0.4) is 0 Å². The molecule has 1 amide bonds. The number of aromatic nitrogens is 4. The molecule has 188 valence electrons. The molecule has 6 rings (SSSR count). The van der Waals surface area contributed by atoms with Crippen molar-refractivity contribution in [2.24, 2.45) is 0 Å². The van der Waals surface area contributed by atoms with Crippen LogP contribution in [0.25, 0.3) is 22.2 Å². The molecule has 0 bridgehead atoms. The third kappa shape index (κ3) is 4.30. The molecule has 0 saturated heterocycles. The summed E-state index contributed by atoms with van der Waals surface area (Å²) in [5.74, 6) is -3.56. The lowest BCUT2D eigenvalue weighted by Crippen LogP contribution is -2.16. The number of pyridine rings is 1. The van der Waals surface area contributed by atoms with Crippen LogP contribution < -0.4 is 5.32 Å². The van der Waals surface area contributed by atoms with E-state index in [9.17, 15) is 18.4 Å². The van der Waals surface area contributed by atoms with Crippen LogP contribution in [0.4, 0.5) is 18.9 Å². The van der Waals surface area contributed by atoms with Crippen molar-refractivity contribution in [3.63, 3.8) is 0 Å². The zero-order chi connectivity index (χ0) is 26.4. The number of anilines is 1. The van der Waals surface area contributed by atoms with E-state index >= 15 is 4.39 Å². The largest absolute Gasteiger partial charge is 0.345 e. The van der Waals surface area contributed by atoms with Gasteiger partial charge in [-0.25, -0.2) is 28.1 Å². The van der Waals surface area contributed by atoms with Crippen molar-refractivity contribution in [1.82, 2.24) is 19.9 Å². The molecule has 3 heterocycles. The number of carbonyl (C=O) groups is 2. The van der Waals surface area contributed by atoms with Crippen molar-refractivity contribution in [3.05, 3.63) is 107 Å². The molecule has 0 atom stereocenters. The van der Waals surface area contributed by atoms with Crippen molar-refractivity contribution in [3.8, 4) is 11.1 Å². The van der Waals surface area contributed by atoms with Gasteiger partial charge in [-0.05, 0) is 49.2 Å². The van der Waals surface area contributed by atoms with Gasteiger partial charge in [-0.15, -0.1) is 0 Å². The fraction of sp³-hybridized carbons (Fsp3) is 0.107. The molecule has 5 aromatic rings. The van der Waals surface area contributed by atoms with Gasteiger partial charge in [0.1, 0.15) is 23.1 Å². The van der Waals surface area contributed by atoms with E-state index in [1.807, 2.05) is 0 Å². The Morgan fingerprint density at radius 2 is 1.68 bits per heavy atom. The molecule has 2 aromatic carbocycles. The number of hydrogen-bond donors (Lipinski definition) is 2. The molecular weight excluding hydrogens is 495 g/mol. The van der Waals surface area contributed by atoms with Crippen LogP contribution in [-0.4, -0.2) is 31.6 Å². The van der Waals surface area contributed by atoms with Crippen LogP contribution >= 0.6 is 0 Å². The smallest absolute Gasteiger partial charge is 0.255 e. The van der Waals surface area contributed by atoms with Crippen molar-refractivity contribution < 1.29 is 22.8 Å². The first-order chi connectivity index (χ1) is 18.4. The second-order valence-corrected chi connectivity index (χ2v) is 9.00. The topological polar surface area (TPSA) is 101 Å². The van der Waals surface area contributed by atoms with Gasteiger partial charge in [-0.1, -0.05) is 6.07 Å². The SMILES string of the molecule is O=C(Nc1ccc(F)c(C(=O)c2c[nH]c3ncc(-c4cnc(C5CC5)nc4)cc23)c1F)c1cccc(F)c1. The summed E-state index contributed by atoms with van der Waals surface area (Å²) in [6.07, 6.45) is 8.43. The van der Waals surface area contributed by atoms with E-state index in [4.69, 9.17) is 0 Å².